The normalized spacial score (nSPS) is 12.4. The summed E-state index contributed by atoms with van der Waals surface area (Å²) in [6.07, 6.45) is -0.810. The Hall–Kier alpha value is -2.11. The molecule has 2 amide bonds. The van der Waals surface area contributed by atoms with Gasteiger partial charge in [0.05, 0.1) is 0 Å². The lowest BCUT2D eigenvalue weighted by molar-refractivity contribution is -0.121. The standard InChI is InChI=1S/C14H19FN2O3/c1-9(16-11-7-5-6-10(15)8-11)12(18)17-13(19)20-14(2,3)4/h5-9,16H,1-4H3,(H,17,18,19)/t9-/m0/s1. The summed E-state index contributed by atoms with van der Waals surface area (Å²) in [7, 11) is 0. The Morgan fingerprint density at radius 2 is 1.95 bits per heavy atom. The fraction of sp³-hybridized carbons (Fsp3) is 0.429. The van der Waals surface area contributed by atoms with Crippen LogP contribution in [0, 0.1) is 5.82 Å². The number of anilines is 1. The zero-order valence-electron chi connectivity index (χ0n) is 12.0. The van der Waals surface area contributed by atoms with Crippen molar-refractivity contribution in [1.82, 2.24) is 5.32 Å². The van der Waals surface area contributed by atoms with Gasteiger partial charge in [0.2, 0.25) is 0 Å². The summed E-state index contributed by atoms with van der Waals surface area (Å²) in [5, 5.41) is 4.91. The molecule has 0 unspecified atom stereocenters. The number of halogens is 1. The first-order chi connectivity index (χ1) is 9.17. The van der Waals surface area contributed by atoms with Crippen LogP contribution in [-0.2, 0) is 9.53 Å². The summed E-state index contributed by atoms with van der Waals surface area (Å²) in [4.78, 5) is 23.2. The van der Waals surface area contributed by atoms with Crippen LogP contribution in [0.15, 0.2) is 24.3 Å². The van der Waals surface area contributed by atoms with Crippen LogP contribution in [-0.4, -0.2) is 23.6 Å². The van der Waals surface area contributed by atoms with Crippen LogP contribution in [0.2, 0.25) is 0 Å². The maximum atomic E-state index is 13.0. The van der Waals surface area contributed by atoms with Crippen molar-refractivity contribution in [3.8, 4) is 0 Å². The highest BCUT2D eigenvalue weighted by Gasteiger charge is 2.21. The molecule has 0 saturated carbocycles. The molecule has 0 spiro atoms. The van der Waals surface area contributed by atoms with Crippen LogP contribution in [0.1, 0.15) is 27.7 Å². The molecule has 110 valence electrons. The molecule has 0 fully saturated rings. The smallest absolute Gasteiger partial charge is 0.414 e. The van der Waals surface area contributed by atoms with Crippen LogP contribution < -0.4 is 10.6 Å². The molecule has 0 aliphatic carbocycles. The quantitative estimate of drug-likeness (QED) is 0.894. The summed E-state index contributed by atoms with van der Waals surface area (Å²) in [6, 6.07) is 5.01. The van der Waals surface area contributed by atoms with E-state index in [2.05, 4.69) is 10.6 Å². The van der Waals surface area contributed by atoms with Gasteiger partial charge in [0.1, 0.15) is 17.5 Å². The van der Waals surface area contributed by atoms with Gasteiger partial charge in [-0.15, -0.1) is 0 Å². The van der Waals surface area contributed by atoms with E-state index in [1.807, 2.05) is 0 Å². The molecule has 0 aromatic heterocycles. The number of carbonyl (C=O) groups excluding carboxylic acids is 2. The third kappa shape index (κ3) is 5.69. The van der Waals surface area contributed by atoms with Gasteiger partial charge in [0.15, 0.2) is 0 Å². The molecule has 1 atom stereocenters. The van der Waals surface area contributed by atoms with Gasteiger partial charge in [-0.25, -0.2) is 9.18 Å². The Morgan fingerprint density at radius 3 is 2.50 bits per heavy atom. The van der Waals surface area contributed by atoms with E-state index in [0.29, 0.717) is 5.69 Å². The molecule has 1 aromatic rings. The molecule has 0 bridgehead atoms. The van der Waals surface area contributed by atoms with Gasteiger partial charge in [0.25, 0.3) is 5.91 Å². The molecular weight excluding hydrogens is 263 g/mol. The summed E-state index contributed by atoms with van der Waals surface area (Å²) in [5.41, 5.74) is -0.222. The number of nitrogens with one attached hydrogen (secondary N) is 2. The number of amides is 2. The molecule has 0 aliphatic rings. The topological polar surface area (TPSA) is 67.4 Å². The van der Waals surface area contributed by atoms with Crippen molar-refractivity contribution in [3.63, 3.8) is 0 Å². The van der Waals surface area contributed by atoms with Gasteiger partial charge < -0.3 is 10.1 Å². The summed E-state index contributed by atoms with van der Waals surface area (Å²) < 4.78 is 18.0. The molecule has 1 rings (SSSR count). The second-order valence-electron chi connectivity index (χ2n) is 5.37. The number of rotatable bonds is 3. The zero-order chi connectivity index (χ0) is 15.3. The molecule has 2 N–H and O–H groups in total. The SMILES string of the molecule is C[C@H](Nc1cccc(F)c1)C(=O)NC(=O)OC(C)(C)C. The van der Waals surface area contributed by atoms with Crippen LogP contribution in [0.4, 0.5) is 14.9 Å². The lowest BCUT2D eigenvalue weighted by Gasteiger charge is -2.20. The van der Waals surface area contributed by atoms with Crippen molar-refractivity contribution in [3.05, 3.63) is 30.1 Å². The molecule has 0 radical (unpaired) electrons. The van der Waals surface area contributed by atoms with E-state index >= 15 is 0 Å². The predicted octanol–water partition coefficient (Wildman–Crippen LogP) is 2.68. The molecular formula is C14H19FN2O3. The maximum Gasteiger partial charge on any atom is 0.414 e. The molecule has 1 aromatic carbocycles. The number of hydrogen-bond acceptors (Lipinski definition) is 4. The highest BCUT2D eigenvalue weighted by Crippen LogP contribution is 2.11. The fourth-order valence-electron chi connectivity index (χ4n) is 1.41. The average Bonchev–Trinajstić information content (AvgIpc) is 2.25. The van der Waals surface area contributed by atoms with Crippen molar-refractivity contribution in [1.29, 1.82) is 0 Å². The molecule has 20 heavy (non-hydrogen) atoms. The van der Waals surface area contributed by atoms with Crippen molar-refractivity contribution < 1.29 is 18.7 Å². The highest BCUT2D eigenvalue weighted by molar-refractivity contribution is 5.96. The minimum absolute atomic E-state index is 0.408. The van der Waals surface area contributed by atoms with Crippen molar-refractivity contribution in [2.75, 3.05) is 5.32 Å². The second-order valence-corrected chi connectivity index (χ2v) is 5.37. The molecule has 0 aliphatic heterocycles. The maximum absolute atomic E-state index is 13.0. The Morgan fingerprint density at radius 1 is 1.30 bits per heavy atom. The van der Waals surface area contributed by atoms with E-state index in [4.69, 9.17) is 4.74 Å². The van der Waals surface area contributed by atoms with Crippen molar-refractivity contribution >= 4 is 17.7 Å². The first-order valence-corrected chi connectivity index (χ1v) is 6.23. The Balaban J connectivity index is 2.53. The first kappa shape index (κ1) is 15.9. The highest BCUT2D eigenvalue weighted by atomic mass is 19.1. The van der Waals surface area contributed by atoms with E-state index in [1.54, 1.807) is 33.8 Å². The minimum Gasteiger partial charge on any atom is -0.444 e. The van der Waals surface area contributed by atoms with E-state index in [1.165, 1.54) is 18.2 Å². The van der Waals surface area contributed by atoms with E-state index < -0.39 is 29.5 Å². The number of ether oxygens (including phenoxy) is 1. The van der Waals surface area contributed by atoms with E-state index in [9.17, 15) is 14.0 Å². The fourth-order valence-corrected chi connectivity index (χ4v) is 1.41. The van der Waals surface area contributed by atoms with E-state index in [-0.39, 0.29) is 0 Å². The van der Waals surface area contributed by atoms with Crippen molar-refractivity contribution in [2.45, 2.75) is 39.3 Å². The van der Waals surface area contributed by atoms with E-state index in [0.717, 1.165) is 0 Å². The average molecular weight is 282 g/mol. The van der Waals surface area contributed by atoms with Gasteiger partial charge in [0, 0.05) is 5.69 Å². The molecule has 0 heterocycles. The Kier molecular flexibility index (Phi) is 5.07. The monoisotopic (exact) mass is 282 g/mol. The largest absolute Gasteiger partial charge is 0.444 e. The zero-order valence-corrected chi connectivity index (χ0v) is 12.0. The molecule has 6 heteroatoms. The third-order valence-electron chi connectivity index (χ3n) is 2.23. The number of imide groups is 1. The van der Waals surface area contributed by atoms with Crippen LogP contribution in [0.3, 0.4) is 0 Å². The van der Waals surface area contributed by atoms with Gasteiger partial charge in [-0.05, 0) is 45.9 Å². The number of benzene rings is 1. The lowest BCUT2D eigenvalue weighted by atomic mass is 10.2. The number of hydrogen-bond donors (Lipinski definition) is 2. The van der Waals surface area contributed by atoms with Gasteiger partial charge in [-0.3, -0.25) is 10.1 Å². The van der Waals surface area contributed by atoms with Gasteiger partial charge in [-0.2, -0.15) is 0 Å². The van der Waals surface area contributed by atoms with Crippen molar-refractivity contribution in [2.24, 2.45) is 0 Å². The minimum atomic E-state index is -0.810. The predicted molar refractivity (Wildman–Crippen MR) is 73.9 cm³/mol. The summed E-state index contributed by atoms with van der Waals surface area (Å²) in [5.74, 6) is -0.960. The van der Waals surface area contributed by atoms with Gasteiger partial charge in [-0.1, -0.05) is 6.07 Å². The molecule has 0 saturated heterocycles. The number of alkyl carbamates (subject to hydrolysis) is 1. The second kappa shape index (κ2) is 6.36. The summed E-state index contributed by atoms with van der Waals surface area (Å²) >= 11 is 0. The van der Waals surface area contributed by atoms with Gasteiger partial charge >= 0.3 is 6.09 Å². The first-order valence-electron chi connectivity index (χ1n) is 6.23. The Bertz CT molecular complexity index is 497. The Labute approximate surface area is 117 Å². The third-order valence-corrected chi connectivity index (χ3v) is 2.23. The van der Waals surface area contributed by atoms with Crippen LogP contribution in [0.25, 0.3) is 0 Å². The number of carbonyl (C=O) groups is 2. The van der Waals surface area contributed by atoms with Crippen LogP contribution in [0.5, 0.6) is 0 Å². The summed E-state index contributed by atoms with van der Waals surface area (Å²) in [6.45, 7) is 6.66. The van der Waals surface area contributed by atoms with Crippen LogP contribution >= 0.6 is 0 Å². The molecule has 5 nitrogen and oxygen atoms in total. The lowest BCUT2D eigenvalue weighted by Crippen LogP contribution is -2.43.